The maximum absolute atomic E-state index is 11.6. The van der Waals surface area contributed by atoms with Crippen molar-refractivity contribution in [3.63, 3.8) is 0 Å². The first-order chi connectivity index (χ1) is 9.34. The summed E-state index contributed by atoms with van der Waals surface area (Å²) in [4.78, 5) is -0.298. The fourth-order valence-corrected chi connectivity index (χ4v) is 3.06. The lowest BCUT2D eigenvalue weighted by Crippen LogP contribution is -2.01. The number of rotatable bonds is 4. The topological polar surface area (TPSA) is 119 Å². The zero-order chi connectivity index (χ0) is 14.9. The molecule has 0 unspecified atom stereocenters. The van der Waals surface area contributed by atoms with Crippen molar-refractivity contribution in [3.8, 4) is 5.75 Å². The van der Waals surface area contributed by atoms with Gasteiger partial charge in [0, 0.05) is 10.3 Å². The van der Waals surface area contributed by atoms with Crippen molar-refractivity contribution in [2.45, 2.75) is 16.7 Å². The van der Waals surface area contributed by atoms with Gasteiger partial charge in [-0.2, -0.15) is 0 Å². The molecule has 0 fully saturated rings. The summed E-state index contributed by atoms with van der Waals surface area (Å²) in [7, 11) is -4.67. The summed E-state index contributed by atoms with van der Waals surface area (Å²) < 4.78 is 37.6. The van der Waals surface area contributed by atoms with Gasteiger partial charge in [0.15, 0.2) is 0 Å². The Hall–Kier alpha value is -1.36. The summed E-state index contributed by atoms with van der Waals surface area (Å²) in [5.41, 5.74) is 0.362. The van der Waals surface area contributed by atoms with E-state index in [0.717, 1.165) is 6.07 Å². The van der Waals surface area contributed by atoms with E-state index >= 15 is 0 Å². The van der Waals surface area contributed by atoms with Crippen LogP contribution >= 0.6 is 12.0 Å². The fourth-order valence-electron chi connectivity index (χ4n) is 1.82. The largest absolute Gasteiger partial charge is 0.872 e. The van der Waals surface area contributed by atoms with Gasteiger partial charge < -0.3 is 9.66 Å². The zero-order valence-corrected chi connectivity index (χ0v) is 11.7. The standard InChI is InChI=1S/C11H10O7S2/c1-6-9(12)3-2-7-4-8(20(14,15)16)5-10(11(6)7)19-18-17-13/h2-5,12-13H,1H3,(H,14,15,16)/p-2. The van der Waals surface area contributed by atoms with Gasteiger partial charge in [0.1, 0.15) is 10.1 Å². The Kier molecular flexibility index (Phi) is 4.18. The summed E-state index contributed by atoms with van der Waals surface area (Å²) in [6.07, 6.45) is 0. The normalized spacial score (nSPS) is 11.9. The van der Waals surface area contributed by atoms with Crippen LogP contribution < -0.4 is 5.11 Å². The van der Waals surface area contributed by atoms with E-state index in [2.05, 4.69) is 9.37 Å². The molecule has 0 bridgehead atoms. The summed E-state index contributed by atoms with van der Waals surface area (Å²) in [5, 5.41) is 24.1. The predicted molar refractivity (Wildman–Crippen MR) is 66.8 cm³/mol. The second-order valence-corrected chi connectivity index (χ2v) is 6.01. The molecular formula is C11H8O7S2-2. The molecule has 0 aliphatic heterocycles. The highest BCUT2D eigenvalue weighted by molar-refractivity contribution is 7.94. The molecule has 0 saturated carbocycles. The van der Waals surface area contributed by atoms with Crippen LogP contribution in [0, 0.1) is 6.92 Å². The Bertz CT molecular complexity index is 755. The minimum Gasteiger partial charge on any atom is -0.872 e. The molecule has 2 aromatic carbocycles. The average Bonchev–Trinajstić information content (AvgIpc) is 2.39. The molecule has 2 rings (SSSR count). The highest BCUT2D eigenvalue weighted by atomic mass is 32.2. The Morgan fingerprint density at radius 3 is 2.60 bits per heavy atom. The fraction of sp³-hybridized carbons (Fsp3) is 0.0909. The quantitative estimate of drug-likeness (QED) is 0.390. The van der Waals surface area contributed by atoms with E-state index in [1.54, 1.807) is 6.92 Å². The van der Waals surface area contributed by atoms with E-state index in [9.17, 15) is 18.1 Å². The molecule has 0 aromatic heterocycles. The molecule has 0 amide bonds. The molecule has 1 N–H and O–H groups in total. The highest BCUT2D eigenvalue weighted by Gasteiger charge is 2.12. The summed E-state index contributed by atoms with van der Waals surface area (Å²) in [6, 6.07) is 4.91. The highest BCUT2D eigenvalue weighted by Crippen LogP contribution is 2.36. The SMILES string of the molecule is Cc1c([O-])ccc2cc(S(=O)(=O)[O-])cc(SOOO)c12. The third kappa shape index (κ3) is 2.87. The lowest BCUT2D eigenvalue weighted by atomic mass is 10.0. The molecule has 0 radical (unpaired) electrons. The minimum absolute atomic E-state index is 0.168. The molecule has 9 heteroatoms. The van der Waals surface area contributed by atoms with Gasteiger partial charge in [-0.3, -0.25) is 0 Å². The molecular weight excluding hydrogens is 308 g/mol. The second kappa shape index (κ2) is 5.56. The number of aryl methyl sites for hydroxylation is 1. The Balaban J connectivity index is 2.78. The Labute approximate surface area is 118 Å². The third-order valence-electron chi connectivity index (χ3n) is 2.71. The van der Waals surface area contributed by atoms with E-state index in [0.29, 0.717) is 28.4 Å². The van der Waals surface area contributed by atoms with Crippen LogP contribution in [0.5, 0.6) is 5.75 Å². The third-order valence-corrected chi connectivity index (χ3v) is 4.15. The molecule has 0 heterocycles. The van der Waals surface area contributed by atoms with E-state index < -0.39 is 15.0 Å². The van der Waals surface area contributed by atoms with Gasteiger partial charge in [-0.25, -0.2) is 13.7 Å². The monoisotopic (exact) mass is 316 g/mol. The van der Waals surface area contributed by atoms with Gasteiger partial charge in [0.05, 0.1) is 16.9 Å². The lowest BCUT2D eigenvalue weighted by Gasteiger charge is -2.17. The van der Waals surface area contributed by atoms with Crippen molar-refractivity contribution >= 4 is 32.9 Å². The number of hydrogen-bond acceptors (Lipinski definition) is 8. The maximum atomic E-state index is 11.6. The van der Waals surface area contributed by atoms with Gasteiger partial charge in [-0.05, 0) is 30.0 Å². The maximum Gasteiger partial charge on any atom is 0.124 e. The van der Waals surface area contributed by atoms with Crippen LogP contribution in [0.2, 0.25) is 0 Å². The average molecular weight is 316 g/mol. The van der Waals surface area contributed by atoms with Crippen LogP contribution in [0.15, 0.2) is 34.1 Å². The van der Waals surface area contributed by atoms with Crippen LogP contribution in [0.25, 0.3) is 10.8 Å². The van der Waals surface area contributed by atoms with E-state index in [1.165, 1.54) is 18.2 Å². The first kappa shape index (κ1) is 15.0. The molecule has 0 spiro atoms. The smallest absolute Gasteiger partial charge is 0.124 e. The first-order valence-corrected chi connectivity index (χ1v) is 7.34. The zero-order valence-electron chi connectivity index (χ0n) is 10.0. The van der Waals surface area contributed by atoms with Crippen LogP contribution in [0.4, 0.5) is 0 Å². The van der Waals surface area contributed by atoms with Crippen LogP contribution in [0.3, 0.4) is 0 Å². The molecule has 108 valence electrons. The second-order valence-electron chi connectivity index (χ2n) is 3.89. The van der Waals surface area contributed by atoms with Crippen molar-refractivity contribution in [2.24, 2.45) is 0 Å². The number of hydrogen-bond donors (Lipinski definition) is 1. The molecule has 20 heavy (non-hydrogen) atoms. The van der Waals surface area contributed by atoms with E-state index in [-0.39, 0.29) is 10.6 Å². The number of benzene rings is 2. The Morgan fingerprint density at radius 2 is 2.00 bits per heavy atom. The van der Waals surface area contributed by atoms with Crippen molar-refractivity contribution < 1.29 is 32.7 Å². The molecule has 2 aromatic rings. The van der Waals surface area contributed by atoms with Gasteiger partial charge in [-0.15, -0.1) is 10.1 Å². The predicted octanol–water partition coefficient (Wildman–Crippen LogP) is 1.55. The number of fused-ring (bicyclic) bond motifs is 1. The van der Waals surface area contributed by atoms with E-state index in [1.807, 2.05) is 0 Å². The van der Waals surface area contributed by atoms with E-state index in [4.69, 9.17) is 5.26 Å². The minimum atomic E-state index is -4.67. The van der Waals surface area contributed by atoms with Gasteiger partial charge in [0.2, 0.25) is 0 Å². The summed E-state index contributed by atoms with van der Waals surface area (Å²) in [5.74, 6) is -0.248. The first-order valence-electron chi connectivity index (χ1n) is 5.19. The summed E-state index contributed by atoms with van der Waals surface area (Å²) in [6.45, 7) is 1.56. The van der Waals surface area contributed by atoms with Gasteiger partial charge in [0.25, 0.3) is 0 Å². The van der Waals surface area contributed by atoms with Crippen molar-refractivity contribution in [1.29, 1.82) is 0 Å². The van der Waals surface area contributed by atoms with Crippen LogP contribution in [-0.2, 0) is 19.5 Å². The molecule has 0 aliphatic rings. The lowest BCUT2D eigenvalue weighted by molar-refractivity contribution is -0.432. The van der Waals surface area contributed by atoms with Crippen molar-refractivity contribution in [2.75, 3.05) is 0 Å². The van der Waals surface area contributed by atoms with Crippen LogP contribution in [0.1, 0.15) is 5.56 Å². The van der Waals surface area contributed by atoms with Crippen molar-refractivity contribution in [1.82, 2.24) is 0 Å². The van der Waals surface area contributed by atoms with Crippen molar-refractivity contribution in [3.05, 3.63) is 29.8 Å². The molecule has 0 atom stereocenters. The summed E-state index contributed by atoms with van der Waals surface area (Å²) >= 11 is 0.489. The Morgan fingerprint density at radius 1 is 1.30 bits per heavy atom. The van der Waals surface area contributed by atoms with Crippen LogP contribution in [-0.4, -0.2) is 18.2 Å². The van der Waals surface area contributed by atoms with Gasteiger partial charge in [-0.1, -0.05) is 17.2 Å². The van der Waals surface area contributed by atoms with Gasteiger partial charge >= 0.3 is 0 Å². The molecule has 7 nitrogen and oxygen atoms in total. The molecule has 0 saturated heterocycles. The molecule has 0 aliphatic carbocycles.